The second-order valence-electron chi connectivity index (χ2n) is 3.44. The second kappa shape index (κ2) is 5.05. The van der Waals surface area contributed by atoms with Gasteiger partial charge >= 0.3 is 5.97 Å². The highest BCUT2D eigenvalue weighted by Crippen LogP contribution is 2.20. The Morgan fingerprint density at radius 3 is 2.88 bits per heavy atom. The third-order valence-corrected chi connectivity index (χ3v) is 2.63. The van der Waals surface area contributed by atoms with Crippen molar-refractivity contribution in [3.05, 3.63) is 46.8 Å². The van der Waals surface area contributed by atoms with Crippen molar-refractivity contribution in [2.24, 2.45) is 0 Å². The zero-order valence-electron chi connectivity index (χ0n) is 8.80. The summed E-state index contributed by atoms with van der Waals surface area (Å²) in [6.07, 6.45) is 1.41. The van der Waals surface area contributed by atoms with E-state index in [0.717, 1.165) is 15.7 Å². The van der Waals surface area contributed by atoms with Crippen LogP contribution in [0.25, 0.3) is 11.3 Å². The lowest BCUT2D eigenvalue weighted by Gasteiger charge is -2.02. The van der Waals surface area contributed by atoms with Gasteiger partial charge < -0.3 is 5.11 Å². The molecule has 0 spiro atoms. The smallest absolute Gasteiger partial charge is 0.311 e. The quantitative estimate of drug-likeness (QED) is 0.944. The SMILES string of the molecule is O=C(O)Cc1nccc(-c2cccc(Br)c2)n1. The minimum atomic E-state index is -0.934. The Hall–Kier alpha value is -1.75. The Morgan fingerprint density at radius 2 is 2.18 bits per heavy atom. The molecule has 0 saturated heterocycles. The number of aromatic nitrogens is 2. The minimum Gasteiger partial charge on any atom is -0.481 e. The van der Waals surface area contributed by atoms with Crippen molar-refractivity contribution in [2.45, 2.75) is 6.42 Å². The van der Waals surface area contributed by atoms with E-state index in [1.807, 2.05) is 24.3 Å². The molecule has 0 aliphatic rings. The molecule has 0 amide bonds. The van der Waals surface area contributed by atoms with Gasteiger partial charge in [0.2, 0.25) is 0 Å². The molecular formula is C12H9BrN2O2. The monoisotopic (exact) mass is 292 g/mol. The number of carbonyl (C=O) groups is 1. The predicted octanol–water partition coefficient (Wildman–Crippen LogP) is 2.53. The molecule has 1 N–H and O–H groups in total. The van der Waals surface area contributed by atoms with E-state index >= 15 is 0 Å². The van der Waals surface area contributed by atoms with E-state index in [4.69, 9.17) is 5.11 Å². The molecular weight excluding hydrogens is 284 g/mol. The van der Waals surface area contributed by atoms with Gasteiger partial charge in [0.15, 0.2) is 0 Å². The molecule has 1 aromatic carbocycles. The summed E-state index contributed by atoms with van der Waals surface area (Å²) in [7, 11) is 0. The maximum atomic E-state index is 10.6. The fourth-order valence-corrected chi connectivity index (χ4v) is 1.83. The molecule has 86 valence electrons. The molecule has 5 heteroatoms. The maximum absolute atomic E-state index is 10.6. The zero-order valence-corrected chi connectivity index (χ0v) is 10.4. The van der Waals surface area contributed by atoms with Crippen molar-refractivity contribution in [1.82, 2.24) is 9.97 Å². The van der Waals surface area contributed by atoms with Crippen LogP contribution in [0.4, 0.5) is 0 Å². The van der Waals surface area contributed by atoms with Crippen LogP contribution in [-0.4, -0.2) is 21.0 Å². The van der Waals surface area contributed by atoms with Gasteiger partial charge in [-0.15, -0.1) is 0 Å². The standard InChI is InChI=1S/C12H9BrN2O2/c13-9-3-1-2-8(6-9)10-4-5-14-11(15-10)7-12(16)17/h1-6H,7H2,(H,16,17). The van der Waals surface area contributed by atoms with Gasteiger partial charge in [-0.25, -0.2) is 9.97 Å². The molecule has 2 aromatic rings. The first-order valence-electron chi connectivity index (χ1n) is 4.95. The lowest BCUT2D eigenvalue weighted by molar-refractivity contribution is -0.136. The van der Waals surface area contributed by atoms with Gasteiger partial charge in [-0.05, 0) is 18.2 Å². The molecule has 2 rings (SSSR count). The molecule has 4 nitrogen and oxygen atoms in total. The zero-order chi connectivity index (χ0) is 12.3. The van der Waals surface area contributed by atoms with Crippen molar-refractivity contribution in [2.75, 3.05) is 0 Å². The molecule has 0 radical (unpaired) electrons. The Kier molecular flexibility index (Phi) is 3.49. The van der Waals surface area contributed by atoms with E-state index in [1.54, 1.807) is 12.3 Å². The Morgan fingerprint density at radius 1 is 1.35 bits per heavy atom. The number of carboxylic acid groups (broad SMARTS) is 1. The molecule has 0 atom stereocenters. The van der Waals surface area contributed by atoms with E-state index in [-0.39, 0.29) is 6.42 Å². The van der Waals surface area contributed by atoms with Crippen LogP contribution in [-0.2, 0) is 11.2 Å². The Balaban J connectivity index is 2.36. The molecule has 0 aliphatic carbocycles. The summed E-state index contributed by atoms with van der Waals surface area (Å²) >= 11 is 3.38. The second-order valence-corrected chi connectivity index (χ2v) is 4.35. The van der Waals surface area contributed by atoms with Crippen molar-refractivity contribution in [3.8, 4) is 11.3 Å². The number of benzene rings is 1. The van der Waals surface area contributed by atoms with Crippen LogP contribution in [0.2, 0.25) is 0 Å². The van der Waals surface area contributed by atoms with E-state index in [1.165, 1.54) is 0 Å². The van der Waals surface area contributed by atoms with Crippen LogP contribution >= 0.6 is 15.9 Å². The van der Waals surface area contributed by atoms with Crippen LogP contribution in [0.3, 0.4) is 0 Å². The van der Waals surface area contributed by atoms with Gasteiger partial charge in [0.25, 0.3) is 0 Å². The minimum absolute atomic E-state index is 0.165. The van der Waals surface area contributed by atoms with Gasteiger partial charge in [0, 0.05) is 16.2 Å². The van der Waals surface area contributed by atoms with Crippen molar-refractivity contribution in [3.63, 3.8) is 0 Å². The first-order chi connectivity index (χ1) is 8.15. The number of hydrogen-bond acceptors (Lipinski definition) is 3. The summed E-state index contributed by atoms with van der Waals surface area (Å²) in [4.78, 5) is 18.7. The molecule has 1 heterocycles. The normalized spacial score (nSPS) is 10.2. The van der Waals surface area contributed by atoms with E-state index in [9.17, 15) is 4.79 Å². The molecule has 17 heavy (non-hydrogen) atoms. The number of aliphatic carboxylic acids is 1. The number of rotatable bonds is 3. The van der Waals surface area contributed by atoms with E-state index < -0.39 is 5.97 Å². The Labute approximate surface area is 106 Å². The first-order valence-corrected chi connectivity index (χ1v) is 5.74. The summed E-state index contributed by atoms with van der Waals surface area (Å²) in [5, 5.41) is 8.68. The van der Waals surface area contributed by atoms with Crippen molar-refractivity contribution in [1.29, 1.82) is 0 Å². The third kappa shape index (κ3) is 3.10. The summed E-state index contributed by atoms with van der Waals surface area (Å²) in [6.45, 7) is 0. The summed E-state index contributed by atoms with van der Waals surface area (Å²) in [5.41, 5.74) is 1.64. The molecule has 0 bridgehead atoms. The highest BCUT2D eigenvalue weighted by molar-refractivity contribution is 9.10. The van der Waals surface area contributed by atoms with Gasteiger partial charge in [-0.1, -0.05) is 28.1 Å². The molecule has 0 aliphatic heterocycles. The fourth-order valence-electron chi connectivity index (χ4n) is 1.43. The molecule has 0 unspecified atom stereocenters. The van der Waals surface area contributed by atoms with Gasteiger partial charge in [0.1, 0.15) is 12.2 Å². The first kappa shape index (κ1) is 11.7. The highest BCUT2D eigenvalue weighted by atomic mass is 79.9. The van der Waals surface area contributed by atoms with Gasteiger partial charge in [0.05, 0.1) is 5.69 Å². The van der Waals surface area contributed by atoms with Crippen LogP contribution < -0.4 is 0 Å². The predicted molar refractivity (Wildman–Crippen MR) is 66.5 cm³/mol. The summed E-state index contributed by atoms with van der Waals surface area (Å²) in [5.74, 6) is -0.619. The van der Waals surface area contributed by atoms with Gasteiger partial charge in [-0.2, -0.15) is 0 Å². The lowest BCUT2D eigenvalue weighted by Crippen LogP contribution is -2.05. The number of carboxylic acids is 1. The van der Waals surface area contributed by atoms with Crippen LogP contribution in [0.1, 0.15) is 5.82 Å². The number of hydrogen-bond donors (Lipinski definition) is 1. The number of halogens is 1. The number of nitrogens with zero attached hydrogens (tertiary/aromatic N) is 2. The van der Waals surface area contributed by atoms with E-state index in [0.29, 0.717) is 5.82 Å². The average molecular weight is 293 g/mol. The van der Waals surface area contributed by atoms with Gasteiger partial charge in [-0.3, -0.25) is 4.79 Å². The highest BCUT2D eigenvalue weighted by Gasteiger charge is 2.06. The molecule has 1 aromatic heterocycles. The van der Waals surface area contributed by atoms with Crippen LogP contribution in [0.15, 0.2) is 41.0 Å². The average Bonchev–Trinajstić information content (AvgIpc) is 2.28. The van der Waals surface area contributed by atoms with Crippen molar-refractivity contribution < 1.29 is 9.90 Å². The third-order valence-electron chi connectivity index (χ3n) is 2.14. The summed E-state index contributed by atoms with van der Waals surface area (Å²) < 4.78 is 0.952. The largest absolute Gasteiger partial charge is 0.481 e. The molecule has 0 saturated carbocycles. The van der Waals surface area contributed by atoms with Crippen LogP contribution in [0.5, 0.6) is 0 Å². The van der Waals surface area contributed by atoms with E-state index in [2.05, 4.69) is 25.9 Å². The topological polar surface area (TPSA) is 63.1 Å². The van der Waals surface area contributed by atoms with Crippen molar-refractivity contribution >= 4 is 21.9 Å². The van der Waals surface area contributed by atoms with Crippen LogP contribution in [0, 0.1) is 0 Å². The fraction of sp³-hybridized carbons (Fsp3) is 0.0833. The molecule has 0 fully saturated rings. The Bertz CT molecular complexity index is 558. The lowest BCUT2D eigenvalue weighted by atomic mass is 10.1. The maximum Gasteiger partial charge on any atom is 0.311 e. The summed E-state index contributed by atoms with van der Waals surface area (Å²) in [6, 6.07) is 9.42.